The summed E-state index contributed by atoms with van der Waals surface area (Å²) in [5.74, 6) is 2.67. The molecule has 8 aliphatic rings. The second-order valence-corrected chi connectivity index (χ2v) is 52.3. The van der Waals surface area contributed by atoms with Gasteiger partial charge in [-0.25, -0.2) is 0 Å². The van der Waals surface area contributed by atoms with Gasteiger partial charge in [-0.3, -0.25) is 0 Å². The van der Waals surface area contributed by atoms with Crippen molar-refractivity contribution >= 4 is 52.9 Å². The van der Waals surface area contributed by atoms with Gasteiger partial charge in [0.2, 0.25) is 0 Å². The fraction of sp³-hybridized carbons (Fsp3) is 0.516. The Labute approximate surface area is 839 Å². The van der Waals surface area contributed by atoms with Crippen molar-refractivity contribution in [2.24, 2.45) is 0 Å². The van der Waals surface area contributed by atoms with E-state index in [4.69, 9.17) is 4.74 Å². The van der Waals surface area contributed by atoms with Crippen molar-refractivity contribution in [2.45, 2.75) is 415 Å². The molecule has 0 aliphatic heterocycles. The second kappa shape index (κ2) is 59.9. The van der Waals surface area contributed by atoms with Crippen molar-refractivity contribution in [2.75, 3.05) is 7.11 Å². The maximum Gasteiger partial charge on any atom is 0.126 e. The zero-order valence-electron chi connectivity index (χ0n) is 85.4. The first kappa shape index (κ1) is 109. The quantitative estimate of drug-likeness (QED) is 0.0458. The number of hydrogen-bond donors (Lipinski definition) is 0. The van der Waals surface area contributed by atoms with E-state index in [-0.39, 0.29) is 52.8 Å². The minimum Gasteiger partial charge on any atom is -0.496 e. The molecule has 6 heteroatoms. The van der Waals surface area contributed by atoms with Gasteiger partial charge in [0, 0.05) is 26.6 Å². The second-order valence-electron chi connectivity index (χ2n) is 41.3. The summed E-state index contributed by atoms with van der Waals surface area (Å²) in [5, 5.41) is 6.83. The fourth-order valence-corrected chi connectivity index (χ4v) is 39.3. The summed E-state index contributed by atoms with van der Waals surface area (Å²) < 4.78 is 5.81. The van der Waals surface area contributed by atoms with E-state index in [2.05, 4.69) is 289 Å². The molecule has 0 spiro atoms. The molecule has 0 unspecified atom stereocenters. The molecule has 726 valence electrons. The molecule has 10 aromatic carbocycles. The third-order valence-corrected chi connectivity index (χ3v) is 44.8. The molecule has 0 aromatic heterocycles. The van der Waals surface area contributed by atoms with Gasteiger partial charge in [0.1, 0.15) is 5.75 Å². The molecule has 8 fully saturated rings. The van der Waals surface area contributed by atoms with E-state index < -0.39 is 0 Å². The summed E-state index contributed by atoms with van der Waals surface area (Å²) >= 11 is 0. The van der Waals surface area contributed by atoms with Crippen molar-refractivity contribution in [3.63, 3.8) is 0 Å². The van der Waals surface area contributed by atoms with Crippen molar-refractivity contribution in [3.8, 4) is 61.4 Å². The van der Waals surface area contributed by atoms with Gasteiger partial charge in [-0.2, -0.15) is 12.8 Å². The summed E-state index contributed by atoms with van der Waals surface area (Å²) in [7, 11) is 1.48. The van der Waals surface area contributed by atoms with Crippen LogP contribution in [0.2, 0.25) is 0 Å². The van der Waals surface area contributed by atoms with Gasteiger partial charge in [0.05, 0.1) is 7.11 Å². The smallest absolute Gasteiger partial charge is 0.126 e. The standard InChI is InChI=1S/C33H49P.C26H35OP.C25H33P.C24H31P.C12H9.2C4H9.Pt/c1-23(2)26-21-30(24(3)4)33(31(22-26)25(5)6)29-19-13-14-20-32(29)34(27-15-9-7-10-16-27)28-17-11-8-12-18-28;1-20-12-11-18-24(27-2)26(20)23-17-9-10-19-25(23)28(21-13-5-3-6-14-21)22-15-7-4-8-16-22;1-20-12-8-9-17-23(20)24-18-10-11-19-25(24)26(21-13-4-2-5-14-21)22-15-6-3-7-16-22;1-4-12-20(13-5-1)23-18-10-11-19-24(23)25(21-14-6-2-7-15-21)22-16-8-3-9-17-22;1-3-7-11(8-4-1)12-9-5-2-6-10-12;2*1-3-4-2;/h13-14,19-25,27-28H,7-12,15-18H2,1-6H3;9-12,17-19,21-22H,3-8,13-16H2,1-2H3;8-12,17-19,21-22H,2-7,13-16H2,1H3;1,4-5,10-13,18-19,21-22H,2-3,6-9,14-17H2;1-9H;2*1,3-4H2,2H3;/q;;;;3*-1;. The van der Waals surface area contributed by atoms with E-state index in [9.17, 15) is 0 Å². The zero-order valence-corrected chi connectivity index (χ0v) is 91.3. The van der Waals surface area contributed by atoms with Crippen LogP contribution in [-0.2, 0) is 21.1 Å². The number of aryl methyl sites for hydroxylation is 2. The predicted octanol–water partition coefficient (Wildman–Crippen LogP) is 38.9. The SMILES string of the molecule is CC(C)c1cc(C(C)C)c(-c2ccccc2P(C2CCCCC2)C2CCCCC2)c(C(C)C)c1.COc1cccc(C)c1-c1ccccc1P(C1CCCCC1)C1CCCCC1.Cc1ccccc1-c1ccccc1P(C1CCCCC1)C1CCCCC1.[CH2-]CCC.[CH2-]CCC.[Pt].[c-]1ccccc1-c1ccccc1.c1ccc(-c2ccccc2P(C2CCCCC2)C2CCCCC2)cc1. The van der Waals surface area contributed by atoms with Crippen LogP contribution in [-0.4, -0.2) is 52.4 Å². The van der Waals surface area contributed by atoms with Crippen molar-refractivity contribution in [1.29, 1.82) is 0 Å². The van der Waals surface area contributed by atoms with E-state index in [0.717, 1.165) is 69.4 Å². The largest absolute Gasteiger partial charge is 0.496 e. The third-order valence-electron chi connectivity index (χ3n) is 30.6. The third kappa shape index (κ3) is 31.5. The maximum absolute atomic E-state index is 5.81. The summed E-state index contributed by atoms with van der Waals surface area (Å²) in [4.78, 5) is 0. The molecule has 0 heterocycles. The molecule has 0 radical (unpaired) electrons. The number of rotatable bonds is 23. The zero-order chi connectivity index (χ0) is 93.3. The Kier molecular flexibility index (Phi) is 48.6. The van der Waals surface area contributed by atoms with E-state index in [1.807, 2.05) is 43.5 Å². The van der Waals surface area contributed by atoms with E-state index in [1.54, 1.807) is 43.5 Å². The molecule has 0 N–H and O–H groups in total. The van der Waals surface area contributed by atoms with Crippen LogP contribution >= 0.6 is 31.7 Å². The first-order valence-corrected chi connectivity index (χ1v) is 60.2. The van der Waals surface area contributed by atoms with E-state index in [0.29, 0.717) is 17.8 Å². The van der Waals surface area contributed by atoms with Crippen LogP contribution in [0.25, 0.3) is 55.6 Å². The Hall–Kier alpha value is -5.59. The molecule has 134 heavy (non-hydrogen) atoms. The van der Waals surface area contributed by atoms with Gasteiger partial charge in [-0.1, -0.05) is 466 Å². The average Bonchev–Trinajstić information content (AvgIpc) is 0.696. The predicted molar refractivity (Wildman–Crippen MR) is 598 cm³/mol. The minimum absolute atomic E-state index is 0. The molecule has 10 aromatic rings. The maximum atomic E-state index is 5.81. The van der Waals surface area contributed by atoms with Crippen LogP contribution < -0.4 is 26.0 Å². The van der Waals surface area contributed by atoms with E-state index in [1.165, 1.54) is 325 Å². The Morgan fingerprint density at radius 1 is 0.291 bits per heavy atom. The van der Waals surface area contributed by atoms with Crippen LogP contribution in [0.4, 0.5) is 0 Å². The van der Waals surface area contributed by atoms with Gasteiger partial charge in [0.15, 0.2) is 0 Å². The molecule has 18 rings (SSSR count). The van der Waals surface area contributed by atoms with Gasteiger partial charge in [0.25, 0.3) is 0 Å². The Morgan fingerprint density at radius 2 is 0.567 bits per heavy atom. The summed E-state index contributed by atoms with van der Waals surface area (Å²) in [5.41, 5.74) is 29.2. The number of unbranched alkanes of at least 4 members (excludes halogenated alkanes) is 2. The molecule has 1 nitrogen and oxygen atoms in total. The molecular formula is C128H175OP4Pt-3. The van der Waals surface area contributed by atoms with Crippen LogP contribution in [0, 0.1) is 33.8 Å². The van der Waals surface area contributed by atoms with Crippen LogP contribution in [0.15, 0.2) is 237 Å². The first-order valence-electron chi connectivity index (χ1n) is 54.3. The first-order chi connectivity index (χ1) is 65.2. The van der Waals surface area contributed by atoms with E-state index >= 15 is 0 Å². The van der Waals surface area contributed by atoms with Crippen LogP contribution in [0.5, 0.6) is 5.75 Å². The topological polar surface area (TPSA) is 9.23 Å². The summed E-state index contributed by atoms with van der Waals surface area (Å²) in [6.07, 6.45) is 62.9. The molecular weight excluding hydrogens is 1870 g/mol. The van der Waals surface area contributed by atoms with Crippen LogP contribution in [0.3, 0.4) is 0 Å². The van der Waals surface area contributed by atoms with Crippen molar-refractivity contribution in [3.05, 3.63) is 284 Å². The molecule has 8 aliphatic carbocycles. The molecule has 0 saturated heterocycles. The molecule has 0 amide bonds. The summed E-state index contributed by atoms with van der Waals surface area (Å²) in [6, 6.07) is 91.1. The fourth-order valence-electron chi connectivity index (χ4n) is 23.4. The normalized spacial score (nSPS) is 17.6. The van der Waals surface area contributed by atoms with Gasteiger partial charge in [-0.15, -0.1) is 35.9 Å². The summed E-state index contributed by atoms with van der Waals surface area (Å²) in [6.45, 7) is 30.3. The Bertz CT molecular complexity index is 4720. The minimum atomic E-state index is -0.122. The monoisotopic (exact) mass is 2050 g/mol. The Balaban J connectivity index is 0.000000161. The molecule has 0 atom stereocenters. The number of ether oxygens (including phenoxy) is 1. The van der Waals surface area contributed by atoms with Gasteiger partial charge in [-0.05, 0) is 274 Å². The van der Waals surface area contributed by atoms with Crippen molar-refractivity contribution in [1.82, 2.24) is 0 Å². The van der Waals surface area contributed by atoms with Gasteiger partial charge < -0.3 is 18.6 Å². The van der Waals surface area contributed by atoms with Crippen molar-refractivity contribution < 1.29 is 25.8 Å². The number of benzene rings is 10. The molecule has 0 bridgehead atoms. The number of hydrogen-bond acceptors (Lipinski definition) is 1. The van der Waals surface area contributed by atoms with Crippen LogP contribution in [0.1, 0.15) is 383 Å². The number of methoxy groups -OCH3 is 1. The molecule has 8 saturated carbocycles. The average molecular weight is 2050 g/mol. The Morgan fingerprint density at radius 3 is 0.881 bits per heavy atom. The van der Waals surface area contributed by atoms with Gasteiger partial charge >= 0.3 is 0 Å².